The lowest BCUT2D eigenvalue weighted by molar-refractivity contribution is -0.548. The molecular weight excluding hydrogens is 628 g/mol. The predicted octanol–water partition coefficient (Wildman–Crippen LogP) is 10.1. The minimum atomic E-state index is -1.33. The molecule has 0 spiro atoms. The molecule has 4 rings (SSSR count). The van der Waals surface area contributed by atoms with Crippen LogP contribution in [0.1, 0.15) is 128 Å². The second kappa shape index (κ2) is 18.8. The minimum absolute atomic E-state index is 0.00888. The van der Waals surface area contributed by atoms with Crippen molar-refractivity contribution in [2.24, 2.45) is 0 Å². The van der Waals surface area contributed by atoms with Gasteiger partial charge in [0.05, 0.1) is 24.3 Å². The fourth-order valence-electron chi connectivity index (χ4n) is 6.19. The van der Waals surface area contributed by atoms with Crippen LogP contribution in [-0.4, -0.2) is 52.5 Å². The van der Waals surface area contributed by atoms with Crippen molar-refractivity contribution < 1.29 is 29.0 Å². The zero-order valence-electron chi connectivity index (χ0n) is 30.9. The van der Waals surface area contributed by atoms with Crippen LogP contribution in [0.4, 0.5) is 0 Å². The Morgan fingerprint density at radius 2 is 1.06 bits per heavy atom. The number of benzene rings is 3. The second-order valence-corrected chi connectivity index (χ2v) is 14.2. The van der Waals surface area contributed by atoms with Crippen LogP contribution in [0.25, 0.3) is 11.1 Å². The summed E-state index contributed by atoms with van der Waals surface area (Å²) >= 11 is 0. The Kier molecular flexibility index (Phi) is 14.6. The number of carbonyl (C=O) groups is 1. The van der Waals surface area contributed by atoms with Gasteiger partial charge in [0, 0.05) is 5.21 Å². The highest BCUT2D eigenvalue weighted by Gasteiger charge is 2.63. The normalized spacial score (nSPS) is 16.9. The zero-order valence-corrected chi connectivity index (χ0v) is 30.9. The van der Waals surface area contributed by atoms with Gasteiger partial charge in [-0.2, -0.15) is 0 Å². The van der Waals surface area contributed by atoms with E-state index in [1.54, 1.807) is 57.2 Å². The van der Waals surface area contributed by atoms with Gasteiger partial charge in [-0.05, 0) is 93.3 Å². The first-order valence-electron chi connectivity index (χ1n) is 18.7. The van der Waals surface area contributed by atoms with Crippen molar-refractivity contribution in [1.29, 1.82) is 0 Å². The summed E-state index contributed by atoms with van der Waals surface area (Å²) in [5.74, 6) is 0.968. The SMILES string of the molecule is CCCCCCCCOc1ccc(C(=O)OC[C@@]2(C)[N+]([O-])=C(c3ccc(-c4ccc(OCCCCCCCC)cc4)cc3)N([O])C2(C)C)cc1. The molecule has 50 heavy (non-hydrogen) atoms. The van der Waals surface area contributed by atoms with Crippen molar-refractivity contribution in [3.63, 3.8) is 0 Å². The Morgan fingerprint density at radius 1 is 0.640 bits per heavy atom. The topological polar surface area (TPSA) is 94.0 Å². The highest BCUT2D eigenvalue weighted by atomic mass is 16.6. The number of hydrogen-bond donors (Lipinski definition) is 0. The molecular formula is C42H57N2O6. The Hall–Kier alpha value is -4.04. The number of unbranched alkanes of at least 4 members (excludes halogenated alkanes) is 10. The Morgan fingerprint density at radius 3 is 1.56 bits per heavy atom. The number of amidine groups is 1. The van der Waals surface area contributed by atoms with E-state index in [9.17, 15) is 15.2 Å². The van der Waals surface area contributed by atoms with Crippen molar-refractivity contribution in [1.82, 2.24) is 5.06 Å². The Labute approximate surface area is 299 Å². The second-order valence-electron chi connectivity index (χ2n) is 14.2. The quantitative estimate of drug-likeness (QED) is 0.0479. The highest BCUT2D eigenvalue weighted by molar-refractivity contribution is 5.96. The lowest BCUT2D eigenvalue weighted by Gasteiger charge is -2.35. The molecule has 8 nitrogen and oxygen atoms in total. The number of nitrogens with zero attached hydrogens (tertiary/aromatic N) is 2. The van der Waals surface area contributed by atoms with Crippen molar-refractivity contribution in [3.8, 4) is 22.6 Å². The molecule has 0 bridgehead atoms. The molecule has 0 aromatic heterocycles. The van der Waals surface area contributed by atoms with Gasteiger partial charge in [0.15, 0.2) is 11.1 Å². The molecule has 0 aliphatic carbocycles. The van der Waals surface area contributed by atoms with E-state index >= 15 is 0 Å². The molecule has 1 heterocycles. The molecule has 1 aliphatic rings. The van der Waals surface area contributed by atoms with Crippen LogP contribution in [0.5, 0.6) is 11.5 Å². The van der Waals surface area contributed by atoms with E-state index in [0.717, 1.165) is 41.2 Å². The molecule has 1 atom stereocenters. The third-order valence-corrected chi connectivity index (χ3v) is 10.1. The maximum absolute atomic E-state index is 13.8. The molecule has 1 radical (unpaired) electrons. The summed E-state index contributed by atoms with van der Waals surface area (Å²) in [6.45, 7) is 10.6. The van der Waals surface area contributed by atoms with E-state index in [0.29, 0.717) is 34.8 Å². The van der Waals surface area contributed by atoms with Crippen LogP contribution in [0.3, 0.4) is 0 Å². The van der Waals surface area contributed by atoms with Crippen LogP contribution in [0.15, 0.2) is 72.8 Å². The molecule has 0 unspecified atom stereocenters. The lowest BCUT2D eigenvalue weighted by Crippen LogP contribution is -2.58. The fraction of sp³-hybridized carbons (Fsp3) is 0.524. The number of esters is 1. The molecule has 0 saturated heterocycles. The first-order chi connectivity index (χ1) is 24.1. The lowest BCUT2D eigenvalue weighted by atomic mass is 9.83. The molecule has 271 valence electrons. The predicted molar refractivity (Wildman–Crippen MR) is 199 cm³/mol. The number of rotatable bonds is 21. The summed E-state index contributed by atoms with van der Waals surface area (Å²) in [4.78, 5) is 13.0. The molecule has 0 fully saturated rings. The van der Waals surface area contributed by atoms with Gasteiger partial charge in [-0.25, -0.2) is 4.79 Å². The van der Waals surface area contributed by atoms with Crippen molar-refractivity contribution >= 4 is 11.8 Å². The maximum Gasteiger partial charge on any atom is 0.338 e. The van der Waals surface area contributed by atoms with E-state index in [2.05, 4.69) is 13.8 Å². The largest absolute Gasteiger partial charge is 0.714 e. The van der Waals surface area contributed by atoms with Gasteiger partial charge in [0.2, 0.25) is 0 Å². The zero-order chi connectivity index (χ0) is 36.0. The maximum atomic E-state index is 13.8. The molecule has 0 N–H and O–H groups in total. The average Bonchev–Trinajstić information content (AvgIpc) is 3.26. The van der Waals surface area contributed by atoms with Gasteiger partial charge >= 0.3 is 11.8 Å². The molecule has 0 amide bonds. The summed E-state index contributed by atoms with van der Waals surface area (Å²) in [6.07, 6.45) is 14.5. The number of ether oxygens (including phenoxy) is 3. The third-order valence-electron chi connectivity index (χ3n) is 10.1. The standard InChI is InChI=1S/C42H57N2O6/c1-6-8-10-12-14-16-30-48-37-26-22-34(23-27-37)33-18-20-35(21-19-33)39-43(46)41(3,4)42(5,44(39)47)32-50-40(45)36-24-28-38(29-25-36)49-31-17-15-13-11-9-7-2/h18-29H,6-17,30-32H2,1-5H3/t42-/m1/s1. The van der Waals surface area contributed by atoms with Crippen molar-refractivity contribution in [2.45, 2.75) is 123 Å². The van der Waals surface area contributed by atoms with Crippen LogP contribution in [-0.2, 0) is 9.94 Å². The summed E-state index contributed by atoms with van der Waals surface area (Å²) < 4.78 is 18.1. The number of hydrogen-bond acceptors (Lipinski definition) is 6. The Bertz CT molecular complexity index is 1500. The van der Waals surface area contributed by atoms with E-state index in [4.69, 9.17) is 14.2 Å². The summed E-state index contributed by atoms with van der Waals surface area (Å²) in [6, 6.07) is 22.2. The third kappa shape index (κ3) is 9.81. The van der Waals surface area contributed by atoms with E-state index < -0.39 is 17.0 Å². The van der Waals surface area contributed by atoms with Crippen LogP contribution in [0.2, 0.25) is 0 Å². The van der Waals surface area contributed by atoms with Gasteiger partial charge in [0.25, 0.3) is 0 Å². The van der Waals surface area contributed by atoms with Crippen LogP contribution < -0.4 is 9.47 Å². The van der Waals surface area contributed by atoms with Gasteiger partial charge in [-0.15, -0.1) is 0 Å². The van der Waals surface area contributed by atoms with Crippen molar-refractivity contribution in [2.75, 3.05) is 19.8 Å². The minimum Gasteiger partial charge on any atom is -0.714 e. The molecule has 8 heteroatoms. The number of carbonyl (C=O) groups excluding carboxylic acids is 1. The van der Waals surface area contributed by atoms with Crippen LogP contribution >= 0.6 is 0 Å². The van der Waals surface area contributed by atoms with Crippen molar-refractivity contribution in [3.05, 3.63) is 89.1 Å². The van der Waals surface area contributed by atoms with Gasteiger partial charge in [0.1, 0.15) is 18.1 Å². The van der Waals surface area contributed by atoms with Gasteiger partial charge in [-0.1, -0.05) is 107 Å². The summed E-state index contributed by atoms with van der Waals surface area (Å²) in [5.41, 5.74) is 0.307. The number of hydroxylamine groups is 3. The van der Waals surface area contributed by atoms with Gasteiger partial charge in [-0.3, -0.25) is 4.74 Å². The molecule has 3 aromatic rings. The summed E-state index contributed by atoms with van der Waals surface area (Å²) in [7, 11) is 0. The van der Waals surface area contributed by atoms with E-state index in [-0.39, 0.29) is 12.4 Å². The molecule has 0 saturated carbocycles. The summed E-state index contributed by atoms with van der Waals surface area (Å²) in [5, 5.41) is 28.2. The van der Waals surface area contributed by atoms with Crippen LogP contribution in [0, 0.1) is 5.21 Å². The van der Waals surface area contributed by atoms with E-state index in [1.165, 1.54) is 57.8 Å². The Balaban J connectivity index is 1.33. The highest BCUT2D eigenvalue weighted by Crippen LogP contribution is 2.38. The first-order valence-corrected chi connectivity index (χ1v) is 18.7. The first kappa shape index (κ1) is 38.8. The molecule has 3 aromatic carbocycles. The molecule has 1 aliphatic heterocycles. The van der Waals surface area contributed by atoms with Gasteiger partial charge < -0.3 is 19.4 Å². The van der Waals surface area contributed by atoms with E-state index in [1.807, 2.05) is 36.4 Å². The fourth-order valence-corrected chi connectivity index (χ4v) is 6.19. The smallest absolute Gasteiger partial charge is 0.338 e. The monoisotopic (exact) mass is 685 g/mol. The average molecular weight is 686 g/mol.